The SMILES string of the molecule is COc1ccc(N(CC(=O)NCCC2CCN(C)CC2)S(=O)(=O)c2ccccc2)cc1. The van der Waals surface area contributed by atoms with E-state index in [-0.39, 0.29) is 17.3 Å². The molecule has 0 saturated carbocycles. The zero-order valence-electron chi connectivity index (χ0n) is 18.2. The normalized spacial score (nSPS) is 15.4. The number of anilines is 1. The van der Waals surface area contributed by atoms with Gasteiger partial charge in [-0.25, -0.2) is 8.42 Å². The van der Waals surface area contributed by atoms with Gasteiger partial charge in [0, 0.05) is 6.54 Å². The van der Waals surface area contributed by atoms with Crippen molar-refractivity contribution in [1.29, 1.82) is 0 Å². The minimum absolute atomic E-state index is 0.143. The molecule has 168 valence electrons. The van der Waals surface area contributed by atoms with E-state index in [1.165, 1.54) is 12.1 Å². The number of carbonyl (C=O) groups excluding carboxylic acids is 1. The van der Waals surface area contributed by atoms with E-state index >= 15 is 0 Å². The Morgan fingerprint density at radius 3 is 2.35 bits per heavy atom. The Hall–Kier alpha value is -2.58. The predicted octanol–water partition coefficient (Wildman–Crippen LogP) is 2.74. The third kappa shape index (κ3) is 6.21. The van der Waals surface area contributed by atoms with Crippen molar-refractivity contribution in [3.63, 3.8) is 0 Å². The molecule has 0 unspecified atom stereocenters. The van der Waals surface area contributed by atoms with E-state index < -0.39 is 10.0 Å². The molecule has 3 rings (SSSR count). The number of piperidine rings is 1. The highest BCUT2D eigenvalue weighted by Gasteiger charge is 2.27. The molecular formula is C23H31N3O4S. The minimum Gasteiger partial charge on any atom is -0.497 e. The number of rotatable bonds is 9. The van der Waals surface area contributed by atoms with E-state index in [0.29, 0.717) is 23.9 Å². The molecule has 0 spiro atoms. The van der Waals surface area contributed by atoms with Gasteiger partial charge >= 0.3 is 0 Å². The van der Waals surface area contributed by atoms with Crippen LogP contribution in [0.1, 0.15) is 19.3 Å². The lowest BCUT2D eigenvalue weighted by molar-refractivity contribution is -0.119. The molecule has 0 atom stereocenters. The van der Waals surface area contributed by atoms with Crippen LogP contribution in [-0.2, 0) is 14.8 Å². The Morgan fingerprint density at radius 2 is 1.74 bits per heavy atom. The van der Waals surface area contributed by atoms with E-state index in [1.54, 1.807) is 49.6 Å². The largest absolute Gasteiger partial charge is 0.497 e. The number of amides is 1. The second-order valence-electron chi connectivity index (χ2n) is 7.91. The van der Waals surface area contributed by atoms with E-state index in [0.717, 1.165) is 36.7 Å². The van der Waals surface area contributed by atoms with Crippen molar-refractivity contribution in [2.75, 3.05) is 44.6 Å². The van der Waals surface area contributed by atoms with Crippen molar-refractivity contribution in [1.82, 2.24) is 10.2 Å². The van der Waals surface area contributed by atoms with E-state index in [9.17, 15) is 13.2 Å². The van der Waals surface area contributed by atoms with Crippen molar-refractivity contribution < 1.29 is 17.9 Å². The van der Waals surface area contributed by atoms with Crippen molar-refractivity contribution >= 4 is 21.6 Å². The second-order valence-corrected chi connectivity index (χ2v) is 9.77. The van der Waals surface area contributed by atoms with E-state index in [4.69, 9.17) is 4.74 Å². The van der Waals surface area contributed by atoms with Gasteiger partial charge in [0.1, 0.15) is 12.3 Å². The molecule has 1 aliphatic heterocycles. The lowest BCUT2D eigenvalue weighted by atomic mass is 9.94. The first-order chi connectivity index (χ1) is 14.9. The topological polar surface area (TPSA) is 79.0 Å². The Kier molecular flexibility index (Phi) is 7.92. The van der Waals surface area contributed by atoms with Crippen molar-refractivity contribution in [3.8, 4) is 5.75 Å². The molecule has 0 bridgehead atoms. The zero-order chi connectivity index (χ0) is 22.3. The summed E-state index contributed by atoms with van der Waals surface area (Å²) in [5.74, 6) is 0.897. The highest BCUT2D eigenvalue weighted by Crippen LogP contribution is 2.25. The van der Waals surface area contributed by atoms with Crippen LogP contribution in [0.4, 0.5) is 5.69 Å². The van der Waals surface area contributed by atoms with Crippen molar-refractivity contribution in [2.24, 2.45) is 5.92 Å². The van der Waals surface area contributed by atoms with Gasteiger partial charge in [-0.1, -0.05) is 18.2 Å². The van der Waals surface area contributed by atoms with Gasteiger partial charge in [-0.05, 0) is 81.7 Å². The molecule has 1 amide bonds. The monoisotopic (exact) mass is 445 g/mol. The minimum atomic E-state index is -3.89. The van der Waals surface area contributed by atoms with Crippen LogP contribution in [0.5, 0.6) is 5.75 Å². The van der Waals surface area contributed by atoms with Gasteiger partial charge < -0.3 is 15.0 Å². The highest BCUT2D eigenvalue weighted by molar-refractivity contribution is 7.92. The summed E-state index contributed by atoms with van der Waals surface area (Å²) >= 11 is 0. The summed E-state index contributed by atoms with van der Waals surface area (Å²) in [5, 5.41) is 2.90. The fraction of sp³-hybridized carbons (Fsp3) is 0.435. The van der Waals surface area contributed by atoms with Gasteiger partial charge in [0.15, 0.2) is 0 Å². The molecule has 7 nitrogen and oxygen atoms in total. The summed E-state index contributed by atoms with van der Waals surface area (Å²) in [6, 6.07) is 14.8. The molecule has 1 N–H and O–H groups in total. The van der Waals surface area contributed by atoms with Gasteiger partial charge in [0.25, 0.3) is 10.0 Å². The standard InChI is InChI=1S/C23H31N3O4S/c1-25-16-13-19(14-17-25)12-15-24-23(27)18-26(20-8-10-21(30-2)11-9-20)31(28,29)22-6-4-3-5-7-22/h3-11,19H,12-18H2,1-2H3,(H,24,27). The molecule has 2 aromatic rings. The molecule has 0 radical (unpaired) electrons. The third-order valence-electron chi connectivity index (χ3n) is 5.69. The first kappa shape index (κ1) is 23.1. The van der Waals surface area contributed by atoms with Crippen LogP contribution in [0.15, 0.2) is 59.5 Å². The number of nitrogens with one attached hydrogen (secondary N) is 1. The highest BCUT2D eigenvalue weighted by atomic mass is 32.2. The maximum Gasteiger partial charge on any atom is 0.264 e. The van der Waals surface area contributed by atoms with Gasteiger partial charge in [-0.3, -0.25) is 9.10 Å². The first-order valence-electron chi connectivity index (χ1n) is 10.6. The molecule has 1 aliphatic rings. The molecular weight excluding hydrogens is 414 g/mol. The maximum absolute atomic E-state index is 13.3. The van der Waals surface area contributed by atoms with Crippen LogP contribution < -0.4 is 14.4 Å². The molecule has 31 heavy (non-hydrogen) atoms. The molecule has 8 heteroatoms. The van der Waals surface area contributed by atoms with Gasteiger partial charge in [-0.15, -0.1) is 0 Å². The molecule has 1 heterocycles. The lowest BCUT2D eigenvalue weighted by Gasteiger charge is -2.29. The van der Waals surface area contributed by atoms with Crippen LogP contribution in [-0.4, -0.2) is 59.6 Å². The summed E-state index contributed by atoms with van der Waals surface area (Å²) < 4.78 is 32.9. The fourth-order valence-electron chi connectivity index (χ4n) is 3.74. The second kappa shape index (κ2) is 10.6. The molecule has 2 aromatic carbocycles. The number of likely N-dealkylation sites (tertiary alicyclic amines) is 1. The van der Waals surface area contributed by atoms with Crippen LogP contribution in [0, 0.1) is 5.92 Å². The summed E-state index contributed by atoms with van der Waals surface area (Å²) in [4.78, 5) is 15.1. The molecule has 1 fully saturated rings. The summed E-state index contributed by atoms with van der Waals surface area (Å²) in [6.45, 7) is 2.43. The van der Waals surface area contributed by atoms with Crippen molar-refractivity contribution in [3.05, 3.63) is 54.6 Å². The first-order valence-corrected chi connectivity index (χ1v) is 12.0. The maximum atomic E-state index is 13.3. The number of methoxy groups -OCH3 is 1. The number of hydrogen-bond acceptors (Lipinski definition) is 5. The summed E-state index contributed by atoms with van der Waals surface area (Å²) in [6.07, 6.45) is 3.17. The van der Waals surface area contributed by atoms with E-state index in [2.05, 4.69) is 17.3 Å². The Bertz CT molecular complexity index is 941. The zero-order valence-corrected chi connectivity index (χ0v) is 19.0. The van der Waals surface area contributed by atoms with Crippen molar-refractivity contribution in [2.45, 2.75) is 24.2 Å². The van der Waals surface area contributed by atoms with Crippen LogP contribution in [0.25, 0.3) is 0 Å². The number of ether oxygens (including phenoxy) is 1. The van der Waals surface area contributed by atoms with Gasteiger partial charge in [-0.2, -0.15) is 0 Å². The fourth-order valence-corrected chi connectivity index (χ4v) is 5.18. The Balaban J connectivity index is 1.69. The van der Waals surface area contributed by atoms with Gasteiger partial charge in [0.05, 0.1) is 17.7 Å². The number of nitrogens with zero attached hydrogens (tertiary/aromatic N) is 2. The predicted molar refractivity (Wildman–Crippen MR) is 122 cm³/mol. The van der Waals surface area contributed by atoms with Gasteiger partial charge in [0.2, 0.25) is 5.91 Å². The smallest absolute Gasteiger partial charge is 0.264 e. The number of sulfonamides is 1. The average Bonchev–Trinajstić information content (AvgIpc) is 2.79. The van der Waals surface area contributed by atoms with Crippen LogP contribution in [0.3, 0.4) is 0 Å². The average molecular weight is 446 g/mol. The Labute approximate surface area is 185 Å². The third-order valence-corrected chi connectivity index (χ3v) is 7.48. The quantitative estimate of drug-likeness (QED) is 0.642. The van der Waals surface area contributed by atoms with Crippen LogP contribution >= 0.6 is 0 Å². The molecule has 0 aromatic heterocycles. The lowest BCUT2D eigenvalue weighted by Crippen LogP contribution is -2.41. The summed E-state index contributed by atoms with van der Waals surface area (Å²) in [7, 11) is -0.223. The van der Waals surface area contributed by atoms with E-state index in [1.807, 2.05) is 0 Å². The number of hydrogen-bond donors (Lipinski definition) is 1. The van der Waals surface area contributed by atoms with Crippen LogP contribution in [0.2, 0.25) is 0 Å². The number of carbonyl (C=O) groups is 1. The summed E-state index contributed by atoms with van der Waals surface area (Å²) in [5.41, 5.74) is 0.412. The number of benzene rings is 2. The Morgan fingerprint density at radius 1 is 1.10 bits per heavy atom. The molecule has 1 saturated heterocycles. The molecule has 0 aliphatic carbocycles.